The summed E-state index contributed by atoms with van der Waals surface area (Å²) in [6.45, 7) is 9.05. The monoisotopic (exact) mass is 464 g/mol. The maximum atomic E-state index is 5.92. The van der Waals surface area contributed by atoms with Gasteiger partial charge >= 0.3 is 0 Å². The molecule has 0 unspecified atom stereocenters. The van der Waals surface area contributed by atoms with E-state index in [9.17, 15) is 0 Å². The predicted molar refractivity (Wildman–Crippen MR) is 130 cm³/mol. The van der Waals surface area contributed by atoms with Gasteiger partial charge in [-0.05, 0) is 81.8 Å². The molecule has 7 heteroatoms. The van der Waals surface area contributed by atoms with Crippen molar-refractivity contribution in [3.8, 4) is 17.2 Å². The highest BCUT2D eigenvalue weighted by molar-refractivity contribution is 6.55. The molecule has 0 bridgehead atoms. The number of halogens is 2. The van der Waals surface area contributed by atoms with Crippen molar-refractivity contribution in [2.45, 2.75) is 39.7 Å². The summed E-state index contributed by atoms with van der Waals surface area (Å²) in [5.41, 5.74) is 1.76. The molecule has 2 aromatic carbocycles. The van der Waals surface area contributed by atoms with Crippen LogP contribution in [0.2, 0.25) is 0 Å². The molecule has 0 aliphatic carbocycles. The van der Waals surface area contributed by atoms with Crippen molar-refractivity contribution in [2.24, 2.45) is 5.16 Å². The van der Waals surface area contributed by atoms with E-state index in [1.165, 1.54) is 0 Å². The van der Waals surface area contributed by atoms with Crippen LogP contribution in [0.1, 0.15) is 34.1 Å². The van der Waals surface area contributed by atoms with Gasteiger partial charge in [0.05, 0.1) is 12.3 Å². The largest absolute Gasteiger partial charge is 0.489 e. The molecule has 0 fully saturated rings. The van der Waals surface area contributed by atoms with E-state index in [2.05, 4.69) is 17.0 Å². The SMILES string of the molecule is CCC(CN(C)c1ccc(Oc2ccc(OCC=C(Cl)Cl)cc2)cc1)=NOC(C)(C)C. The van der Waals surface area contributed by atoms with E-state index >= 15 is 0 Å². The summed E-state index contributed by atoms with van der Waals surface area (Å²) < 4.78 is 11.6. The van der Waals surface area contributed by atoms with Crippen LogP contribution in [0.4, 0.5) is 5.69 Å². The van der Waals surface area contributed by atoms with E-state index in [1.807, 2.05) is 76.3 Å². The second-order valence-corrected chi connectivity index (χ2v) is 8.95. The first-order valence-electron chi connectivity index (χ1n) is 10.1. The van der Waals surface area contributed by atoms with Gasteiger partial charge in [-0.3, -0.25) is 0 Å². The molecular formula is C24H30Cl2N2O3. The van der Waals surface area contributed by atoms with Crippen LogP contribution in [0.25, 0.3) is 0 Å². The van der Waals surface area contributed by atoms with Crippen molar-refractivity contribution in [1.82, 2.24) is 0 Å². The molecule has 0 aromatic heterocycles. The maximum Gasteiger partial charge on any atom is 0.129 e. The van der Waals surface area contributed by atoms with Crippen molar-refractivity contribution >= 4 is 34.6 Å². The Bertz CT molecular complexity index is 869. The first-order valence-corrected chi connectivity index (χ1v) is 10.9. The Morgan fingerprint density at radius 3 is 2.03 bits per heavy atom. The average Bonchev–Trinajstić information content (AvgIpc) is 2.72. The Hall–Kier alpha value is -2.37. The normalized spacial score (nSPS) is 11.6. The molecule has 0 atom stereocenters. The van der Waals surface area contributed by atoms with Crippen LogP contribution in [0.5, 0.6) is 17.2 Å². The Labute approximate surface area is 195 Å². The molecule has 2 aromatic rings. The van der Waals surface area contributed by atoms with Gasteiger partial charge in [0.2, 0.25) is 0 Å². The molecule has 0 saturated carbocycles. The van der Waals surface area contributed by atoms with Gasteiger partial charge in [-0.1, -0.05) is 35.3 Å². The summed E-state index contributed by atoms with van der Waals surface area (Å²) in [6.07, 6.45) is 2.41. The van der Waals surface area contributed by atoms with Crippen LogP contribution in [0.15, 0.2) is 64.3 Å². The van der Waals surface area contributed by atoms with E-state index in [0.717, 1.165) is 29.3 Å². The Kier molecular flexibility index (Phi) is 9.53. The number of benzene rings is 2. The van der Waals surface area contributed by atoms with Crippen LogP contribution in [0, 0.1) is 0 Å². The summed E-state index contributed by atoms with van der Waals surface area (Å²) in [5, 5.41) is 4.31. The number of rotatable bonds is 10. The topological polar surface area (TPSA) is 43.3 Å². The van der Waals surface area contributed by atoms with Crippen LogP contribution >= 0.6 is 23.2 Å². The van der Waals surface area contributed by atoms with Gasteiger partial charge in [0, 0.05) is 12.7 Å². The van der Waals surface area contributed by atoms with Crippen LogP contribution in [-0.2, 0) is 4.84 Å². The fourth-order valence-electron chi connectivity index (χ4n) is 2.48. The van der Waals surface area contributed by atoms with E-state index in [0.29, 0.717) is 18.9 Å². The van der Waals surface area contributed by atoms with Gasteiger partial charge in [0.15, 0.2) is 0 Å². The van der Waals surface area contributed by atoms with Gasteiger partial charge in [-0.2, -0.15) is 0 Å². The molecule has 2 rings (SSSR count). The van der Waals surface area contributed by atoms with Gasteiger partial charge < -0.3 is 19.2 Å². The molecule has 0 aliphatic rings. The lowest BCUT2D eigenvalue weighted by molar-refractivity contribution is 0.000406. The van der Waals surface area contributed by atoms with Crippen molar-refractivity contribution in [1.29, 1.82) is 0 Å². The lowest BCUT2D eigenvalue weighted by Gasteiger charge is -2.22. The standard InChI is InChI=1S/C24H30Cl2N2O3/c1-6-18(27-31-24(2,3)4)17-28(5)19-7-9-21(10-8-19)30-22-13-11-20(12-14-22)29-16-15-23(25)26/h7-15H,6,16-17H2,1-5H3. The third-order valence-corrected chi connectivity index (χ3v) is 4.41. The van der Waals surface area contributed by atoms with E-state index in [4.69, 9.17) is 37.5 Å². The molecule has 0 aliphatic heterocycles. The van der Waals surface area contributed by atoms with E-state index in [1.54, 1.807) is 6.08 Å². The van der Waals surface area contributed by atoms with Crippen molar-refractivity contribution in [2.75, 3.05) is 25.1 Å². The van der Waals surface area contributed by atoms with Crippen molar-refractivity contribution in [3.63, 3.8) is 0 Å². The first kappa shape index (κ1) is 24.9. The Balaban J connectivity index is 1.93. The molecular weight excluding hydrogens is 435 g/mol. The van der Waals surface area contributed by atoms with Crippen LogP contribution in [-0.4, -0.2) is 31.5 Å². The average molecular weight is 465 g/mol. The Morgan fingerprint density at radius 2 is 1.52 bits per heavy atom. The lowest BCUT2D eigenvalue weighted by Crippen LogP contribution is -2.26. The zero-order valence-corrected chi connectivity index (χ0v) is 20.2. The fourth-order valence-corrected chi connectivity index (χ4v) is 2.61. The number of ether oxygens (including phenoxy) is 2. The summed E-state index contributed by atoms with van der Waals surface area (Å²) in [5.74, 6) is 2.18. The molecule has 0 spiro atoms. The van der Waals surface area contributed by atoms with Crippen LogP contribution in [0.3, 0.4) is 0 Å². The number of hydrogen-bond donors (Lipinski definition) is 0. The van der Waals surface area contributed by atoms with E-state index < -0.39 is 0 Å². The predicted octanol–water partition coefficient (Wildman–Crippen LogP) is 7.19. The summed E-state index contributed by atoms with van der Waals surface area (Å²) >= 11 is 11.1. The highest BCUT2D eigenvalue weighted by atomic mass is 35.5. The zero-order chi connectivity index (χ0) is 22.9. The van der Waals surface area contributed by atoms with Gasteiger partial charge in [0.1, 0.15) is 33.9 Å². The van der Waals surface area contributed by atoms with Gasteiger partial charge in [-0.15, -0.1) is 0 Å². The van der Waals surface area contributed by atoms with Gasteiger partial charge in [-0.25, -0.2) is 0 Å². The zero-order valence-electron chi connectivity index (χ0n) is 18.7. The molecule has 0 radical (unpaired) electrons. The van der Waals surface area contributed by atoms with Crippen molar-refractivity contribution < 1.29 is 14.3 Å². The second-order valence-electron chi connectivity index (χ2n) is 7.94. The first-order chi connectivity index (χ1) is 14.7. The minimum Gasteiger partial charge on any atom is -0.489 e. The van der Waals surface area contributed by atoms with Crippen LogP contribution < -0.4 is 14.4 Å². The molecule has 31 heavy (non-hydrogen) atoms. The smallest absolute Gasteiger partial charge is 0.129 e. The molecule has 0 saturated heterocycles. The fraction of sp³-hybridized carbons (Fsp3) is 0.375. The molecule has 0 amide bonds. The van der Waals surface area contributed by atoms with Gasteiger partial charge in [0.25, 0.3) is 0 Å². The highest BCUT2D eigenvalue weighted by Gasteiger charge is 2.12. The minimum absolute atomic E-state index is 0.186. The second kappa shape index (κ2) is 11.9. The third-order valence-electron chi connectivity index (χ3n) is 4.10. The summed E-state index contributed by atoms with van der Waals surface area (Å²) in [4.78, 5) is 7.69. The van der Waals surface area contributed by atoms with E-state index in [-0.39, 0.29) is 10.1 Å². The molecule has 0 heterocycles. The molecule has 0 N–H and O–H groups in total. The third kappa shape index (κ3) is 9.53. The number of anilines is 1. The molecule has 168 valence electrons. The highest BCUT2D eigenvalue weighted by Crippen LogP contribution is 2.26. The maximum absolute atomic E-state index is 5.92. The Morgan fingerprint density at radius 1 is 0.968 bits per heavy atom. The lowest BCUT2D eigenvalue weighted by atomic mass is 10.2. The summed E-state index contributed by atoms with van der Waals surface area (Å²) in [7, 11) is 2.03. The minimum atomic E-state index is -0.294. The number of oxime groups is 1. The summed E-state index contributed by atoms with van der Waals surface area (Å²) in [6, 6.07) is 15.3. The number of nitrogens with zero attached hydrogens (tertiary/aromatic N) is 2. The van der Waals surface area contributed by atoms with Crippen molar-refractivity contribution in [3.05, 3.63) is 59.1 Å². The molecule has 5 nitrogen and oxygen atoms in total. The quantitative estimate of drug-likeness (QED) is 0.275. The number of hydrogen-bond acceptors (Lipinski definition) is 5.